The molecule has 0 aliphatic carbocycles. The molecule has 0 amide bonds. The Bertz CT molecular complexity index is 392. The molecule has 0 saturated heterocycles. The number of para-hydroxylation sites is 1. The van der Waals surface area contributed by atoms with Crippen molar-refractivity contribution in [1.82, 2.24) is 4.98 Å². The molecule has 0 bridgehead atoms. The van der Waals surface area contributed by atoms with Crippen LogP contribution in [0.4, 0.5) is 4.39 Å². The largest absolute Gasteiger partial charge is 0.491 e. The van der Waals surface area contributed by atoms with Gasteiger partial charge >= 0.3 is 0 Å². The summed E-state index contributed by atoms with van der Waals surface area (Å²) in [4.78, 5) is 3.66. The van der Waals surface area contributed by atoms with Crippen molar-refractivity contribution < 1.29 is 9.50 Å². The highest BCUT2D eigenvalue weighted by molar-refractivity contribution is 5.78. The zero-order valence-electron chi connectivity index (χ0n) is 6.16. The van der Waals surface area contributed by atoms with Crippen LogP contribution in [0.2, 0.25) is 0 Å². The van der Waals surface area contributed by atoms with Gasteiger partial charge in [0.2, 0.25) is 5.88 Å². The van der Waals surface area contributed by atoms with Crippen LogP contribution in [0.25, 0.3) is 10.9 Å². The van der Waals surface area contributed by atoms with Gasteiger partial charge in [-0.25, -0.2) is 9.37 Å². The van der Waals surface area contributed by atoms with Crippen molar-refractivity contribution in [3.63, 3.8) is 0 Å². The van der Waals surface area contributed by atoms with Crippen LogP contribution in [0.1, 0.15) is 0 Å². The molecule has 0 spiro atoms. The quantitative estimate of drug-likeness (QED) is 0.630. The first-order valence-electron chi connectivity index (χ1n) is 3.51. The SMILES string of the molecule is Oc1nc2ccccc2cc1F.[AlH3]. The normalized spacial score (nSPS) is 9.62. The van der Waals surface area contributed by atoms with E-state index in [0.717, 1.165) is 0 Å². The van der Waals surface area contributed by atoms with E-state index >= 15 is 0 Å². The molecule has 0 aliphatic rings. The molecule has 0 fully saturated rings. The highest BCUT2D eigenvalue weighted by atomic mass is 27.0. The lowest BCUT2D eigenvalue weighted by Crippen LogP contribution is -1.83. The number of benzene rings is 1. The molecule has 66 valence electrons. The average Bonchev–Trinajstić information content (AvgIpc) is 2.07. The Balaban J connectivity index is 0.000000845. The van der Waals surface area contributed by atoms with Crippen LogP contribution in [0, 0.1) is 5.82 Å². The van der Waals surface area contributed by atoms with Crippen molar-refractivity contribution in [1.29, 1.82) is 0 Å². The summed E-state index contributed by atoms with van der Waals surface area (Å²) < 4.78 is 12.7. The number of nitrogens with zero attached hydrogens (tertiary/aromatic N) is 1. The second-order valence-electron chi connectivity index (χ2n) is 2.49. The lowest BCUT2D eigenvalue weighted by Gasteiger charge is -1.97. The summed E-state index contributed by atoms with van der Waals surface area (Å²) in [5.74, 6) is -1.23. The first-order valence-corrected chi connectivity index (χ1v) is 3.51. The summed E-state index contributed by atoms with van der Waals surface area (Å²) >= 11 is 0. The maximum atomic E-state index is 12.7. The molecule has 0 atom stereocenters. The standard InChI is InChI=1S/C9H6FNO.Al.3H/c10-7-5-6-3-1-2-4-8(6)11-9(7)12;;;;/h1-5H,(H,11,12);;;;. The lowest BCUT2D eigenvalue weighted by atomic mass is 10.2. The first kappa shape index (κ1) is 9.98. The smallest absolute Gasteiger partial charge is 0.248 e. The number of pyridine rings is 1. The van der Waals surface area contributed by atoms with E-state index in [1.807, 2.05) is 0 Å². The number of aromatic hydroxyl groups is 1. The van der Waals surface area contributed by atoms with E-state index in [4.69, 9.17) is 5.11 Å². The maximum absolute atomic E-state index is 12.7. The van der Waals surface area contributed by atoms with Crippen molar-refractivity contribution in [3.8, 4) is 5.88 Å². The number of halogens is 1. The van der Waals surface area contributed by atoms with Gasteiger partial charge in [0.25, 0.3) is 0 Å². The van der Waals surface area contributed by atoms with Gasteiger partial charge in [-0.15, -0.1) is 0 Å². The molecule has 2 aromatic rings. The van der Waals surface area contributed by atoms with Crippen LogP contribution in [0.5, 0.6) is 5.88 Å². The highest BCUT2D eigenvalue weighted by Gasteiger charge is 2.02. The average molecular weight is 193 g/mol. The third-order valence-electron chi connectivity index (χ3n) is 1.66. The monoisotopic (exact) mass is 193 g/mol. The Morgan fingerprint density at radius 2 is 1.92 bits per heavy atom. The molecule has 1 aromatic heterocycles. The van der Waals surface area contributed by atoms with E-state index in [0.29, 0.717) is 10.9 Å². The third kappa shape index (κ3) is 1.80. The summed E-state index contributed by atoms with van der Waals surface area (Å²) in [6.45, 7) is 0. The molecule has 2 nitrogen and oxygen atoms in total. The van der Waals surface area contributed by atoms with Gasteiger partial charge in [0.1, 0.15) is 0 Å². The van der Waals surface area contributed by atoms with E-state index in [1.165, 1.54) is 6.07 Å². The number of hydrogen-bond donors (Lipinski definition) is 1. The predicted molar refractivity (Wildman–Crippen MR) is 53.3 cm³/mol. The Morgan fingerprint density at radius 3 is 2.69 bits per heavy atom. The van der Waals surface area contributed by atoms with Crippen molar-refractivity contribution in [2.45, 2.75) is 0 Å². The molecular formula is C9H9AlFNO. The summed E-state index contributed by atoms with van der Waals surface area (Å²) in [7, 11) is 0. The second-order valence-corrected chi connectivity index (χ2v) is 2.49. The molecule has 0 unspecified atom stereocenters. The van der Waals surface area contributed by atoms with Gasteiger partial charge in [-0.2, -0.15) is 0 Å². The number of fused-ring (bicyclic) bond motifs is 1. The molecule has 0 aliphatic heterocycles. The van der Waals surface area contributed by atoms with Crippen LogP contribution in [0.15, 0.2) is 30.3 Å². The third-order valence-corrected chi connectivity index (χ3v) is 1.66. The fourth-order valence-electron chi connectivity index (χ4n) is 1.08. The van der Waals surface area contributed by atoms with Crippen molar-refractivity contribution in [2.75, 3.05) is 0 Å². The highest BCUT2D eigenvalue weighted by Crippen LogP contribution is 2.18. The van der Waals surface area contributed by atoms with Gasteiger partial charge in [-0.3, -0.25) is 0 Å². The molecule has 13 heavy (non-hydrogen) atoms. The number of hydrogen-bond acceptors (Lipinski definition) is 2. The van der Waals surface area contributed by atoms with E-state index < -0.39 is 11.7 Å². The molecule has 1 aromatic carbocycles. The Morgan fingerprint density at radius 1 is 1.23 bits per heavy atom. The zero-order chi connectivity index (χ0) is 8.55. The van der Waals surface area contributed by atoms with Gasteiger partial charge in [0.05, 0.1) is 5.52 Å². The van der Waals surface area contributed by atoms with Gasteiger partial charge in [-0.05, 0) is 12.1 Å². The minimum Gasteiger partial charge on any atom is -0.491 e. The molecule has 0 saturated carbocycles. The van der Waals surface area contributed by atoms with Crippen molar-refractivity contribution in [3.05, 3.63) is 36.1 Å². The summed E-state index contributed by atoms with van der Waals surface area (Å²) in [5.41, 5.74) is 0.594. The van der Waals surface area contributed by atoms with Gasteiger partial charge in [-0.1, -0.05) is 18.2 Å². The summed E-state index contributed by atoms with van der Waals surface area (Å²) in [5, 5.41) is 9.62. The fourth-order valence-corrected chi connectivity index (χ4v) is 1.08. The Kier molecular flexibility index (Phi) is 2.87. The first-order chi connectivity index (χ1) is 5.77. The fraction of sp³-hybridized carbons (Fsp3) is 0. The summed E-state index contributed by atoms with van der Waals surface area (Å²) in [6.07, 6.45) is 0. The zero-order valence-corrected chi connectivity index (χ0v) is 6.16. The number of aromatic nitrogens is 1. The van der Waals surface area contributed by atoms with Gasteiger partial charge < -0.3 is 5.11 Å². The van der Waals surface area contributed by atoms with Crippen LogP contribution in [0.3, 0.4) is 0 Å². The van der Waals surface area contributed by atoms with Crippen LogP contribution < -0.4 is 0 Å². The molecule has 1 heterocycles. The molecule has 2 rings (SSSR count). The predicted octanol–water partition coefficient (Wildman–Crippen LogP) is 0.896. The van der Waals surface area contributed by atoms with Gasteiger partial charge in [0.15, 0.2) is 23.2 Å². The van der Waals surface area contributed by atoms with E-state index in [1.54, 1.807) is 24.3 Å². The van der Waals surface area contributed by atoms with Crippen molar-refractivity contribution in [2.24, 2.45) is 0 Å². The van der Waals surface area contributed by atoms with Gasteiger partial charge in [0, 0.05) is 5.39 Å². The second kappa shape index (κ2) is 3.74. The number of rotatable bonds is 0. The Labute approximate surface area is 85.2 Å². The molecule has 1 N–H and O–H groups in total. The summed E-state index contributed by atoms with van der Waals surface area (Å²) in [6, 6.07) is 8.30. The van der Waals surface area contributed by atoms with Crippen molar-refractivity contribution >= 4 is 28.3 Å². The van der Waals surface area contributed by atoms with E-state index in [2.05, 4.69) is 4.98 Å². The minimum atomic E-state index is -0.686. The molecule has 0 radical (unpaired) electrons. The molecular weight excluding hydrogens is 184 g/mol. The topological polar surface area (TPSA) is 33.1 Å². The Hall–Kier alpha value is -1.11. The minimum absolute atomic E-state index is 0. The maximum Gasteiger partial charge on any atom is 0.248 e. The van der Waals surface area contributed by atoms with E-state index in [-0.39, 0.29) is 17.4 Å². The molecule has 4 heteroatoms. The van der Waals surface area contributed by atoms with Crippen LogP contribution in [-0.4, -0.2) is 27.5 Å². The van der Waals surface area contributed by atoms with E-state index in [9.17, 15) is 4.39 Å². The van der Waals surface area contributed by atoms with Crippen LogP contribution >= 0.6 is 0 Å². The van der Waals surface area contributed by atoms with Crippen LogP contribution in [-0.2, 0) is 0 Å². The lowest BCUT2D eigenvalue weighted by molar-refractivity contribution is 0.414.